The number of benzene rings is 1. The lowest BCUT2D eigenvalue weighted by atomic mass is 9.92. The number of nitrogens with one attached hydrogen (secondary N) is 1. The second-order valence-electron chi connectivity index (χ2n) is 7.38. The fourth-order valence-electron chi connectivity index (χ4n) is 3.85. The zero-order valence-corrected chi connectivity index (χ0v) is 15.2. The number of quaternary nitrogens is 1. The average molecular weight is 361 g/mol. The SMILES string of the molecule is CC(C)[C@H](c1nnnn1Cc1ccc(F)cc1)[NH+]1CCC(C(N)=O)CC1. The summed E-state index contributed by atoms with van der Waals surface area (Å²) in [5.41, 5.74) is 6.40. The van der Waals surface area contributed by atoms with E-state index in [-0.39, 0.29) is 23.7 Å². The van der Waals surface area contributed by atoms with Crippen LogP contribution in [0, 0.1) is 17.7 Å². The van der Waals surface area contributed by atoms with Crippen molar-refractivity contribution >= 4 is 5.91 Å². The molecule has 140 valence electrons. The number of rotatable bonds is 6. The van der Waals surface area contributed by atoms with Crippen molar-refractivity contribution in [2.24, 2.45) is 17.6 Å². The van der Waals surface area contributed by atoms with Gasteiger partial charge in [-0.25, -0.2) is 9.07 Å². The van der Waals surface area contributed by atoms with Gasteiger partial charge in [0, 0.05) is 24.7 Å². The molecule has 8 heteroatoms. The first-order chi connectivity index (χ1) is 12.5. The minimum atomic E-state index is -0.257. The Hall–Kier alpha value is -2.35. The number of primary amides is 1. The number of carbonyl (C=O) groups is 1. The van der Waals surface area contributed by atoms with Gasteiger partial charge in [0.25, 0.3) is 0 Å². The number of tetrazole rings is 1. The predicted molar refractivity (Wildman–Crippen MR) is 93.5 cm³/mol. The molecule has 0 unspecified atom stereocenters. The van der Waals surface area contributed by atoms with Crippen molar-refractivity contribution in [2.45, 2.75) is 39.3 Å². The van der Waals surface area contributed by atoms with E-state index in [2.05, 4.69) is 29.4 Å². The van der Waals surface area contributed by atoms with Gasteiger partial charge in [0.2, 0.25) is 11.7 Å². The number of halogens is 1. The third-order valence-corrected chi connectivity index (χ3v) is 5.22. The number of aromatic nitrogens is 4. The quantitative estimate of drug-likeness (QED) is 0.776. The number of carbonyl (C=O) groups excluding carboxylic acids is 1. The van der Waals surface area contributed by atoms with E-state index in [1.54, 1.807) is 16.8 Å². The van der Waals surface area contributed by atoms with Gasteiger partial charge in [-0.2, -0.15) is 0 Å². The number of hydrogen-bond acceptors (Lipinski definition) is 4. The molecule has 0 bridgehead atoms. The zero-order valence-electron chi connectivity index (χ0n) is 15.2. The third-order valence-electron chi connectivity index (χ3n) is 5.22. The lowest BCUT2D eigenvalue weighted by Gasteiger charge is -2.35. The molecule has 3 N–H and O–H groups in total. The molecule has 7 nitrogen and oxygen atoms in total. The van der Waals surface area contributed by atoms with Gasteiger partial charge in [0.15, 0.2) is 6.04 Å². The van der Waals surface area contributed by atoms with E-state index in [1.807, 2.05) is 0 Å². The van der Waals surface area contributed by atoms with E-state index in [1.165, 1.54) is 17.0 Å². The monoisotopic (exact) mass is 361 g/mol. The topological polar surface area (TPSA) is 91.1 Å². The van der Waals surface area contributed by atoms with Gasteiger partial charge in [0.05, 0.1) is 19.6 Å². The summed E-state index contributed by atoms with van der Waals surface area (Å²) < 4.78 is 14.9. The number of piperidine rings is 1. The average Bonchev–Trinajstić information content (AvgIpc) is 3.05. The van der Waals surface area contributed by atoms with Crippen molar-refractivity contribution in [3.8, 4) is 0 Å². The van der Waals surface area contributed by atoms with Crippen LogP contribution in [0.2, 0.25) is 0 Å². The van der Waals surface area contributed by atoms with Crippen molar-refractivity contribution < 1.29 is 14.1 Å². The smallest absolute Gasteiger partial charge is 0.220 e. The van der Waals surface area contributed by atoms with Gasteiger partial charge in [-0.3, -0.25) is 4.79 Å². The van der Waals surface area contributed by atoms with Crippen LogP contribution in [-0.2, 0) is 11.3 Å². The van der Waals surface area contributed by atoms with Crippen LogP contribution in [0.15, 0.2) is 24.3 Å². The van der Waals surface area contributed by atoms with Crippen LogP contribution in [0.1, 0.15) is 44.1 Å². The molecule has 2 heterocycles. The maximum Gasteiger partial charge on any atom is 0.220 e. The number of amides is 1. The van der Waals surface area contributed by atoms with Crippen LogP contribution >= 0.6 is 0 Å². The molecule has 1 aliphatic heterocycles. The first kappa shape index (κ1) is 18.4. The minimum absolute atomic E-state index is 0.0261. The lowest BCUT2D eigenvalue weighted by Crippen LogP contribution is -3.14. The predicted octanol–water partition coefficient (Wildman–Crippen LogP) is 0.338. The normalized spacial score (nSPS) is 21.7. The molecule has 1 fully saturated rings. The molecule has 1 aromatic carbocycles. The molecule has 1 saturated heterocycles. The van der Waals surface area contributed by atoms with Crippen molar-refractivity contribution in [2.75, 3.05) is 13.1 Å². The van der Waals surface area contributed by atoms with E-state index < -0.39 is 0 Å². The van der Waals surface area contributed by atoms with Gasteiger partial charge in [-0.05, 0) is 28.1 Å². The van der Waals surface area contributed by atoms with Gasteiger partial charge >= 0.3 is 0 Å². The Balaban J connectivity index is 1.78. The van der Waals surface area contributed by atoms with E-state index >= 15 is 0 Å². The van der Waals surface area contributed by atoms with Crippen LogP contribution in [0.3, 0.4) is 0 Å². The molecule has 26 heavy (non-hydrogen) atoms. The van der Waals surface area contributed by atoms with Crippen LogP contribution < -0.4 is 10.6 Å². The third kappa shape index (κ3) is 4.07. The van der Waals surface area contributed by atoms with E-state index in [9.17, 15) is 9.18 Å². The molecule has 2 aromatic rings. The highest BCUT2D eigenvalue weighted by Gasteiger charge is 2.36. The highest BCUT2D eigenvalue weighted by Crippen LogP contribution is 2.19. The Morgan fingerprint density at radius 2 is 1.96 bits per heavy atom. The number of likely N-dealkylation sites (tertiary alicyclic amines) is 1. The van der Waals surface area contributed by atoms with E-state index in [0.29, 0.717) is 12.5 Å². The first-order valence-electron chi connectivity index (χ1n) is 9.10. The van der Waals surface area contributed by atoms with Crippen LogP contribution in [0.25, 0.3) is 0 Å². The largest absolute Gasteiger partial charge is 0.369 e. The number of nitrogens with two attached hydrogens (primary N) is 1. The summed E-state index contributed by atoms with van der Waals surface area (Å²) in [7, 11) is 0. The van der Waals surface area contributed by atoms with Gasteiger partial charge in [-0.15, -0.1) is 5.10 Å². The summed E-state index contributed by atoms with van der Waals surface area (Å²) in [6.07, 6.45) is 1.60. The molecule has 0 saturated carbocycles. The second-order valence-corrected chi connectivity index (χ2v) is 7.38. The molecular formula is C18H26FN6O+. The molecule has 0 aliphatic carbocycles. The summed E-state index contributed by atoms with van der Waals surface area (Å²) in [5.74, 6) is 0.686. The van der Waals surface area contributed by atoms with Gasteiger partial charge in [0.1, 0.15) is 5.82 Å². The Bertz CT molecular complexity index is 736. The van der Waals surface area contributed by atoms with Crippen LogP contribution in [-0.4, -0.2) is 39.2 Å². The number of nitrogens with zero attached hydrogens (tertiary/aromatic N) is 4. The summed E-state index contributed by atoms with van der Waals surface area (Å²) in [6, 6.07) is 6.52. The van der Waals surface area contributed by atoms with E-state index in [4.69, 9.17) is 5.73 Å². The fraction of sp³-hybridized carbons (Fsp3) is 0.556. The van der Waals surface area contributed by atoms with Gasteiger partial charge in [-0.1, -0.05) is 26.0 Å². The summed E-state index contributed by atoms with van der Waals surface area (Å²) in [4.78, 5) is 12.8. The second kappa shape index (κ2) is 7.90. The standard InChI is InChI=1S/C18H25FN6O/c1-12(2)16(24-9-7-14(8-10-24)17(20)26)18-21-22-23-25(18)11-13-3-5-15(19)6-4-13/h3-6,12,14,16H,7-11H2,1-2H3,(H2,20,26)/p+1/t16-/m1/s1. The Labute approximate surface area is 152 Å². The molecule has 1 atom stereocenters. The lowest BCUT2D eigenvalue weighted by molar-refractivity contribution is -0.941. The maximum absolute atomic E-state index is 13.1. The van der Waals surface area contributed by atoms with Crippen molar-refractivity contribution in [3.63, 3.8) is 0 Å². The Kier molecular flexibility index (Phi) is 5.61. The van der Waals surface area contributed by atoms with Crippen molar-refractivity contribution in [3.05, 3.63) is 41.5 Å². The molecule has 0 spiro atoms. The fourth-order valence-corrected chi connectivity index (χ4v) is 3.85. The Morgan fingerprint density at radius 1 is 1.31 bits per heavy atom. The highest BCUT2D eigenvalue weighted by atomic mass is 19.1. The molecule has 1 amide bonds. The Morgan fingerprint density at radius 3 is 2.54 bits per heavy atom. The minimum Gasteiger partial charge on any atom is -0.369 e. The van der Waals surface area contributed by atoms with E-state index in [0.717, 1.165) is 37.3 Å². The molecular weight excluding hydrogens is 335 g/mol. The maximum atomic E-state index is 13.1. The summed E-state index contributed by atoms with van der Waals surface area (Å²) >= 11 is 0. The summed E-state index contributed by atoms with van der Waals surface area (Å²) in [6.45, 7) is 6.58. The first-order valence-corrected chi connectivity index (χ1v) is 9.10. The van der Waals surface area contributed by atoms with Crippen molar-refractivity contribution in [1.82, 2.24) is 20.2 Å². The molecule has 1 aliphatic rings. The molecule has 0 radical (unpaired) electrons. The van der Waals surface area contributed by atoms with Crippen molar-refractivity contribution in [1.29, 1.82) is 0 Å². The van der Waals surface area contributed by atoms with Crippen LogP contribution in [0.5, 0.6) is 0 Å². The number of hydrogen-bond donors (Lipinski definition) is 2. The van der Waals surface area contributed by atoms with Gasteiger partial charge < -0.3 is 10.6 Å². The highest BCUT2D eigenvalue weighted by molar-refractivity contribution is 5.76. The molecule has 3 rings (SSSR count). The zero-order chi connectivity index (χ0) is 18.7. The summed E-state index contributed by atoms with van der Waals surface area (Å²) in [5, 5.41) is 12.3. The molecule has 1 aromatic heterocycles. The van der Waals surface area contributed by atoms with Crippen LogP contribution in [0.4, 0.5) is 4.39 Å².